The zero-order valence-electron chi connectivity index (χ0n) is 22.4. The van der Waals surface area contributed by atoms with Gasteiger partial charge in [0.2, 0.25) is 21.8 Å². The molecular formula is C27H39N3O5S. The lowest BCUT2D eigenvalue weighted by Crippen LogP contribution is -2.53. The van der Waals surface area contributed by atoms with Gasteiger partial charge in [-0.3, -0.25) is 13.9 Å². The van der Waals surface area contributed by atoms with Gasteiger partial charge in [0.05, 0.1) is 19.1 Å². The summed E-state index contributed by atoms with van der Waals surface area (Å²) in [6.07, 6.45) is 2.22. The maximum absolute atomic E-state index is 13.7. The second-order valence-corrected chi connectivity index (χ2v) is 11.1. The average molecular weight is 518 g/mol. The molecule has 9 heteroatoms. The van der Waals surface area contributed by atoms with E-state index in [-0.39, 0.29) is 18.5 Å². The highest BCUT2D eigenvalue weighted by atomic mass is 32.2. The molecule has 0 fully saturated rings. The van der Waals surface area contributed by atoms with Crippen molar-refractivity contribution in [1.29, 1.82) is 0 Å². The quantitative estimate of drug-likeness (QED) is 0.462. The highest BCUT2D eigenvalue weighted by Crippen LogP contribution is 2.23. The molecule has 0 unspecified atom stereocenters. The molecule has 2 aromatic rings. The summed E-state index contributed by atoms with van der Waals surface area (Å²) >= 11 is 0. The first kappa shape index (κ1) is 29.2. The van der Waals surface area contributed by atoms with Gasteiger partial charge < -0.3 is 15.0 Å². The van der Waals surface area contributed by atoms with Crippen molar-refractivity contribution in [3.63, 3.8) is 0 Å². The van der Waals surface area contributed by atoms with E-state index in [2.05, 4.69) is 5.32 Å². The molecule has 1 N–H and O–H groups in total. The molecule has 198 valence electrons. The van der Waals surface area contributed by atoms with Gasteiger partial charge >= 0.3 is 0 Å². The summed E-state index contributed by atoms with van der Waals surface area (Å²) in [4.78, 5) is 28.4. The lowest BCUT2D eigenvalue weighted by Gasteiger charge is -2.33. The number of carbonyl (C=O) groups is 2. The summed E-state index contributed by atoms with van der Waals surface area (Å²) in [6.45, 7) is 9.21. The molecule has 0 aromatic heterocycles. The third kappa shape index (κ3) is 7.98. The van der Waals surface area contributed by atoms with Gasteiger partial charge in [0.15, 0.2) is 0 Å². The monoisotopic (exact) mass is 517 g/mol. The lowest BCUT2D eigenvalue weighted by atomic mass is 10.1. The Morgan fingerprint density at radius 3 is 2.06 bits per heavy atom. The molecule has 0 spiro atoms. The highest BCUT2D eigenvalue weighted by Gasteiger charge is 2.32. The van der Waals surface area contributed by atoms with Crippen molar-refractivity contribution in [2.75, 3.05) is 24.2 Å². The fraction of sp³-hybridized carbons (Fsp3) is 0.481. The van der Waals surface area contributed by atoms with Crippen molar-refractivity contribution < 1.29 is 22.7 Å². The zero-order valence-corrected chi connectivity index (χ0v) is 23.2. The van der Waals surface area contributed by atoms with Crippen LogP contribution >= 0.6 is 0 Å². The van der Waals surface area contributed by atoms with E-state index in [1.807, 2.05) is 52.8 Å². The van der Waals surface area contributed by atoms with Crippen molar-refractivity contribution in [3.05, 3.63) is 59.2 Å². The number of nitrogens with one attached hydrogen (secondary N) is 1. The number of nitrogens with zero attached hydrogens (tertiary/aromatic N) is 2. The Labute approximate surface area is 215 Å². The molecule has 0 radical (unpaired) electrons. The molecule has 0 heterocycles. The van der Waals surface area contributed by atoms with E-state index in [1.54, 1.807) is 31.4 Å². The number of carbonyl (C=O) groups excluding carboxylic acids is 2. The van der Waals surface area contributed by atoms with Gasteiger partial charge in [-0.15, -0.1) is 0 Å². The maximum atomic E-state index is 13.7. The Hall–Kier alpha value is -3.07. The van der Waals surface area contributed by atoms with Gasteiger partial charge in [-0.2, -0.15) is 0 Å². The molecule has 0 bridgehead atoms. The van der Waals surface area contributed by atoms with Crippen molar-refractivity contribution in [2.45, 2.75) is 66.1 Å². The summed E-state index contributed by atoms with van der Waals surface area (Å²) in [5.41, 5.74) is 3.00. The molecule has 0 aliphatic heterocycles. The summed E-state index contributed by atoms with van der Waals surface area (Å²) in [7, 11) is -2.20. The minimum Gasteiger partial charge on any atom is -0.497 e. The number of rotatable bonds is 12. The van der Waals surface area contributed by atoms with Gasteiger partial charge in [-0.1, -0.05) is 32.0 Å². The standard InChI is InChI=1S/C27H39N3O5S/c1-8-21(5)28-27(32)25(9-2)29(17-22-10-12-24(35-6)13-11-22)26(31)18-30(36(7,33)34)23-15-19(3)14-20(4)16-23/h10-16,21,25H,8-9,17-18H2,1-7H3,(H,28,32)/t21-,25+/m1/s1. The van der Waals surface area contributed by atoms with Crippen LogP contribution in [0.5, 0.6) is 5.75 Å². The molecule has 0 aliphatic rings. The van der Waals surface area contributed by atoms with Crippen LogP contribution in [0.15, 0.2) is 42.5 Å². The van der Waals surface area contributed by atoms with E-state index in [0.29, 0.717) is 17.9 Å². The number of aryl methyl sites for hydroxylation is 2. The van der Waals surface area contributed by atoms with Crippen LogP contribution in [0, 0.1) is 13.8 Å². The zero-order chi connectivity index (χ0) is 27.0. The first-order valence-electron chi connectivity index (χ1n) is 12.2. The first-order chi connectivity index (χ1) is 16.9. The predicted octanol–water partition coefficient (Wildman–Crippen LogP) is 3.80. The third-order valence-electron chi connectivity index (χ3n) is 6.07. The normalized spacial score (nSPS) is 13.0. The fourth-order valence-electron chi connectivity index (χ4n) is 4.00. The molecular weight excluding hydrogens is 478 g/mol. The van der Waals surface area contributed by atoms with E-state index >= 15 is 0 Å². The topological polar surface area (TPSA) is 96.0 Å². The van der Waals surface area contributed by atoms with Gasteiger partial charge in [0.1, 0.15) is 18.3 Å². The molecule has 36 heavy (non-hydrogen) atoms. The number of hydrogen-bond donors (Lipinski definition) is 1. The number of hydrogen-bond acceptors (Lipinski definition) is 5. The van der Waals surface area contributed by atoms with Crippen LogP contribution in [0.3, 0.4) is 0 Å². The Morgan fingerprint density at radius 1 is 1.00 bits per heavy atom. The van der Waals surface area contributed by atoms with E-state index in [9.17, 15) is 18.0 Å². The van der Waals surface area contributed by atoms with Gasteiger partial charge in [-0.05, 0) is 74.6 Å². The van der Waals surface area contributed by atoms with E-state index in [4.69, 9.17) is 4.74 Å². The van der Waals surface area contributed by atoms with Crippen LogP contribution in [0.2, 0.25) is 0 Å². The van der Waals surface area contributed by atoms with Crippen LogP contribution < -0.4 is 14.4 Å². The molecule has 2 atom stereocenters. The van der Waals surface area contributed by atoms with Crippen LogP contribution in [-0.4, -0.2) is 57.1 Å². The molecule has 0 saturated carbocycles. The van der Waals surface area contributed by atoms with Crippen molar-refractivity contribution in [2.24, 2.45) is 0 Å². The van der Waals surface area contributed by atoms with Crippen LogP contribution in [0.25, 0.3) is 0 Å². The van der Waals surface area contributed by atoms with Crippen LogP contribution in [0.4, 0.5) is 5.69 Å². The number of ether oxygens (including phenoxy) is 1. The second kappa shape index (κ2) is 12.8. The van der Waals surface area contributed by atoms with Crippen molar-refractivity contribution in [3.8, 4) is 5.75 Å². The largest absolute Gasteiger partial charge is 0.497 e. The van der Waals surface area contributed by atoms with E-state index < -0.39 is 28.5 Å². The first-order valence-corrected chi connectivity index (χ1v) is 14.0. The lowest BCUT2D eigenvalue weighted by molar-refractivity contribution is -0.140. The molecule has 0 aliphatic carbocycles. The SMILES string of the molecule is CC[C@@H](C)NC(=O)[C@H](CC)N(Cc1ccc(OC)cc1)C(=O)CN(c1cc(C)cc(C)c1)S(C)(=O)=O. The molecule has 8 nitrogen and oxygen atoms in total. The minimum atomic E-state index is -3.77. The van der Waals surface area contributed by atoms with Gasteiger partial charge in [0.25, 0.3) is 0 Å². The number of amides is 2. The van der Waals surface area contributed by atoms with Gasteiger partial charge in [0, 0.05) is 12.6 Å². The Kier molecular flexibility index (Phi) is 10.3. The molecule has 2 aromatic carbocycles. The summed E-state index contributed by atoms with van der Waals surface area (Å²) in [5.74, 6) is -0.0381. The van der Waals surface area contributed by atoms with E-state index in [0.717, 1.165) is 33.7 Å². The highest BCUT2D eigenvalue weighted by molar-refractivity contribution is 7.92. The third-order valence-corrected chi connectivity index (χ3v) is 7.21. The van der Waals surface area contributed by atoms with Crippen molar-refractivity contribution in [1.82, 2.24) is 10.2 Å². The van der Waals surface area contributed by atoms with Crippen LogP contribution in [0.1, 0.15) is 50.3 Å². The summed E-state index contributed by atoms with van der Waals surface area (Å²) in [6, 6.07) is 11.8. The number of sulfonamides is 1. The summed E-state index contributed by atoms with van der Waals surface area (Å²) in [5, 5.41) is 2.97. The van der Waals surface area contributed by atoms with Crippen LogP contribution in [-0.2, 0) is 26.2 Å². The Balaban J connectivity index is 2.46. The number of benzene rings is 2. The Bertz CT molecular complexity index is 1130. The van der Waals surface area contributed by atoms with E-state index in [1.165, 1.54) is 4.90 Å². The predicted molar refractivity (Wildman–Crippen MR) is 144 cm³/mol. The Morgan fingerprint density at radius 2 is 1.58 bits per heavy atom. The van der Waals surface area contributed by atoms with Crippen molar-refractivity contribution >= 4 is 27.5 Å². The minimum absolute atomic E-state index is 0.0488. The fourth-order valence-corrected chi connectivity index (χ4v) is 4.83. The second-order valence-electron chi connectivity index (χ2n) is 9.23. The molecule has 2 rings (SSSR count). The maximum Gasteiger partial charge on any atom is 0.244 e. The number of anilines is 1. The number of methoxy groups -OCH3 is 1. The average Bonchev–Trinajstić information content (AvgIpc) is 2.81. The molecule has 0 saturated heterocycles. The van der Waals surface area contributed by atoms with Gasteiger partial charge in [-0.25, -0.2) is 8.42 Å². The summed E-state index contributed by atoms with van der Waals surface area (Å²) < 4.78 is 31.9. The smallest absolute Gasteiger partial charge is 0.244 e. The molecule has 2 amide bonds.